The topological polar surface area (TPSA) is 98.0 Å². The first-order valence-electron chi connectivity index (χ1n) is 11.4. The summed E-state index contributed by atoms with van der Waals surface area (Å²) in [7, 11) is 0. The Labute approximate surface area is 197 Å². The van der Waals surface area contributed by atoms with E-state index >= 15 is 0 Å². The lowest BCUT2D eigenvalue weighted by atomic mass is 10.0. The van der Waals surface area contributed by atoms with E-state index in [4.69, 9.17) is 4.42 Å². The van der Waals surface area contributed by atoms with Gasteiger partial charge in [-0.1, -0.05) is 6.07 Å². The van der Waals surface area contributed by atoms with Crippen LogP contribution in [0.15, 0.2) is 69.3 Å². The molecule has 0 atom stereocenters. The van der Waals surface area contributed by atoms with Crippen LogP contribution in [0, 0.1) is 0 Å². The Morgan fingerprint density at radius 2 is 1.91 bits per heavy atom. The van der Waals surface area contributed by atoms with Crippen LogP contribution in [0.25, 0.3) is 21.9 Å². The molecule has 34 heavy (non-hydrogen) atoms. The summed E-state index contributed by atoms with van der Waals surface area (Å²) in [5, 5.41) is 11.5. The van der Waals surface area contributed by atoms with Gasteiger partial charge in [0.25, 0.3) is 5.56 Å². The Morgan fingerprint density at radius 1 is 1.09 bits per heavy atom. The van der Waals surface area contributed by atoms with Crippen molar-refractivity contribution in [3.63, 3.8) is 0 Å². The van der Waals surface area contributed by atoms with Crippen LogP contribution in [0.1, 0.15) is 19.4 Å². The number of H-pyrrole nitrogens is 1. The largest absolute Gasteiger partial charge is 0.494 e. The third-order valence-electron chi connectivity index (χ3n) is 6.36. The third-order valence-corrected chi connectivity index (χ3v) is 6.36. The van der Waals surface area contributed by atoms with Crippen molar-refractivity contribution < 1.29 is 9.52 Å². The minimum atomic E-state index is -0.358. The molecule has 1 aromatic carbocycles. The molecule has 0 amide bonds. The van der Waals surface area contributed by atoms with E-state index in [2.05, 4.69) is 38.6 Å². The standard InChI is InChI=1S/C26H27N5O3/c1-17(2)30-8-10-31(11-9-30)20-4-6-24(27-14-20)28-15-23-22-13-18(19-7-12-34-16-19)3-5-21(22)25(32)29-26(23)33/h3-7,12-17H,8-11H2,1-2H3,(H2,29,32,33). The van der Waals surface area contributed by atoms with Crippen LogP contribution >= 0.6 is 0 Å². The van der Waals surface area contributed by atoms with Crippen LogP contribution in [0.3, 0.4) is 0 Å². The summed E-state index contributed by atoms with van der Waals surface area (Å²) >= 11 is 0. The van der Waals surface area contributed by atoms with Gasteiger partial charge in [-0.05, 0) is 49.7 Å². The fourth-order valence-electron chi connectivity index (χ4n) is 4.34. The maximum atomic E-state index is 12.4. The number of benzene rings is 1. The molecule has 1 aliphatic heterocycles. The molecule has 8 nitrogen and oxygen atoms in total. The van der Waals surface area contributed by atoms with E-state index in [9.17, 15) is 9.90 Å². The Kier molecular flexibility index (Phi) is 5.90. The Hall–Kier alpha value is -3.91. The van der Waals surface area contributed by atoms with Gasteiger partial charge in [-0.3, -0.25) is 14.7 Å². The number of aromatic nitrogens is 2. The van der Waals surface area contributed by atoms with Crippen LogP contribution in [-0.2, 0) is 0 Å². The van der Waals surface area contributed by atoms with Crippen LogP contribution in [0.4, 0.5) is 11.5 Å². The van der Waals surface area contributed by atoms with Crippen LogP contribution in [0.5, 0.6) is 5.88 Å². The summed E-state index contributed by atoms with van der Waals surface area (Å²) in [5.74, 6) is 0.291. The molecule has 1 saturated heterocycles. The molecule has 0 spiro atoms. The predicted molar refractivity (Wildman–Crippen MR) is 134 cm³/mol. The molecule has 0 radical (unpaired) electrons. The van der Waals surface area contributed by atoms with Gasteiger partial charge in [-0.15, -0.1) is 0 Å². The quantitative estimate of drug-likeness (QED) is 0.437. The van der Waals surface area contributed by atoms with Crippen LogP contribution in [-0.4, -0.2) is 58.4 Å². The van der Waals surface area contributed by atoms with Crippen molar-refractivity contribution >= 4 is 28.5 Å². The van der Waals surface area contributed by atoms with E-state index in [0.717, 1.165) is 43.0 Å². The number of pyridine rings is 2. The zero-order valence-electron chi connectivity index (χ0n) is 19.2. The number of piperazine rings is 1. The highest BCUT2D eigenvalue weighted by atomic mass is 16.3. The molecular weight excluding hydrogens is 430 g/mol. The van der Waals surface area contributed by atoms with Crippen molar-refractivity contribution in [2.24, 2.45) is 4.99 Å². The molecule has 3 aromatic heterocycles. The second-order valence-electron chi connectivity index (χ2n) is 8.74. The SMILES string of the molecule is CC(C)N1CCN(c2ccc(N=Cc3c(O)[nH]c(=O)c4ccc(-c5ccoc5)cc34)nc2)CC1. The average molecular weight is 458 g/mol. The first-order chi connectivity index (χ1) is 16.5. The van der Waals surface area contributed by atoms with Gasteiger partial charge in [-0.25, -0.2) is 9.98 Å². The van der Waals surface area contributed by atoms with Gasteiger partial charge in [0.2, 0.25) is 5.88 Å². The second kappa shape index (κ2) is 9.15. The summed E-state index contributed by atoms with van der Waals surface area (Å²) in [6.45, 7) is 8.47. The Bertz CT molecular complexity index is 1370. The summed E-state index contributed by atoms with van der Waals surface area (Å²) < 4.78 is 5.18. The number of aliphatic imine (C=N–C) groups is 1. The monoisotopic (exact) mass is 457 g/mol. The number of nitrogens with zero attached hydrogens (tertiary/aromatic N) is 4. The maximum absolute atomic E-state index is 12.4. The fourth-order valence-corrected chi connectivity index (χ4v) is 4.34. The molecule has 0 aliphatic carbocycles. The minimum absolute atomic E-state index is 0.231. The molecule has 8 heteroatoms. The average Bonchev–Trinajstić information content (AvgIpc) is 3.39. The number of aromatic amines is 1. The van der Waals surface area contributed by atoms with Crippen molar-refractivity contribution in [1.29, 1.82) is 0 Å². The van der Waals surface area contributed by atoms with Crippen LogP contribution < -0.4 is 10.5 Å². The molecule has 4 aromatic rings. The maximum Gasteiger partial charge on any atom is 0.258 e. The fraction of sp³-hybridized carbons (Fsp3) is 0.269. The molecule has 4 heterocycles. The first kappa shape index (κ1) is 21.9. The van der Waals surface area contributed by atoms with E-state index in [1.165, 1.54) is 6.21 Å². The summed E-state index contributed by atoms with van der Waals surface area (Å²) in [6, 6.07) is 11.7. The summed E-state index contributed by atoms with van der Waals surface area (Å²) in [4.78, 5) is 28.6. The number of nitrogens with one attached hydrogen (secondary N) is 1. The highest BCUT2D eigenvalue weighted by Gasteiger charge is 2.19. The normalized spacial score (nSPS) is 15.1. The highest BCUT2D eigenvalue weighted by Crippen LogP contribution is 2.28. The number of hydrogen-bond donors (Lipinski definition) is 2. The lowest BCUT2D eigenvalue weighted by molar-refractivity contribution is 0.209. The van der Waals surface area contributed by atoms with Crippen molar-refractivity contribution in [3.8, 4) is 17.0 Å². The Morgan fingerprint density at radius 3 is 2.59 bits per heavy atom. The number of hydrogen-bond acceptors (Lipinski definition) is 7. The van der Waals surface area contributed by atoms with Crippen molar-refractivity contribution in [2.75, 3.05) is 31.1 Å². The zero-order valence-corrected chi connectivity index (χ0v) is 19.2. The minimum Gasteiger partial charge on any atom is -0.494 e. The smallest absolute Gasteiger partial charge is 0.258 e. The van der Waals surface area contributed by atoms with Gasteiger partial charge in [0, 0.05) is 54.8 Å². The molecule has 0 unspecified atom stereocenters. The first-order valence-corrected chi connectivity index (χ1v) is 11.4. The number of anilines is 1. The molecule has 1 aliphatic rings. The van der Waals surface area contributed by atoms with Crippen molar-refractivity contribution in [2.45, 2.75) is 19.9 Å². The van der Waals surface area contributed by atoms with Gasteiger partial charge >= 0.3 is 0 Å². The van der Waals surface area contributed by atoms with E-state index < -0.39 is 0 Å². The molecule has 2 N–H and O–H groups in total. The van der Waals surface area contributed by atoms with Gasteiger partial charge in [0.15, 0.2) is 5.82 Å². The van der Waals surface area contributed by atoms with E-state index in [0.29, 0.717) is 28.2 Å². The number of fused-ring (bicyclic) bond motifs is 1. The molecule has 0 saturated carbocycles. The molecule has 174 valence electrons. The lowest BCUT2D eigenvalue weighted by Crippen LogP contribution is -2.48. The van der Waals surface area contributed by atoms with E-state index in [-0.39, 0.29) is 11.4 Å². The van der Waals surface area contributed by atoms with E-state index in [1.807, 2.05) is 36.5 Å². The third kappa shape index (κ3) is 4.32. The van der Waals surface area contributed by atoms with Crippen molar-refractivity contribution in [1.82, 2.24) is 14.9 Å². The predicted octanol–water partition coefficient (Wildman–Crippen LogP) is 4.17. The molecular formula is C26H27N5O3. The number of aromatic hydroxyl groups is 1. The van der Waals surface area contributed by atoms with Gasteiger partial charge in [0.1, 0.15) is 0 Å². The highest BCUT2D eigenvalue weighted by molar-refractivity contribution is 6.03. The zero-order chi connectivity index (χ0) is 23.7. The molecule has 1 fully saturated rings. The summed E-state index contributed by atoms with van der Waals surface area (Å²) in [5.41, 5.74) is 2.90. The number of furan rings is 1. The summed E-state index contributed by atoms with van der Waals surface area (Å²) in [6.07, 6.45) is 6.60. The van der Waals surface area contributed by atoms with Gasteiger partial charge in [0.05, 0.1) is 30.0 Å². The van der Waals surface area contributed by atoms with Crippen molar-refractivity contribution in [3.05, 3.63) is 71.0 Å². The second-order valence-corrected chi connectivity index (χ2v) is 8.74. The number of rotatable bonds is 5. The van der Waals surface area contributed by atoms with E-state index in [1.54, 1.807) is 18.6 Å². The molecule has 0 bridgehead atoms. The lowest BCUT2D eigenvalue weighted by Gasteiger charge is -2.37. The van der Waals surface area contributed by atoms with Gasteiger partial charge < -0.3 is 14.4 Å². The van der Waals surface area contributed by atoms with Gasteiger partial charge in [-0.2, -0.15) is 0 Å². The van der Waals surface area contributed by atoms with Crippen LogP contribution in [0.2, 0.25) is 0 Å². The Balaban J connectivity index is 1.40. The molecule has 5 rings (SSSR count).